The number of nitrogens with one attached hydrogen (secondary N) is 1. The van der Waals surface area contributed by atoms with Crippen LogP contribution in [-0.2, 0) is 49.6 Å². The summed E-state index contributed by atoms with van der Waals surface area (Å²) in [6.07, 6.45) is 10.2. The van der Waals surface area contributed by atoms with Crippen LogP contribution in [0.5, 0.6) is 0 Å². The number of guanidine groups is 1. The number of aromatic nitrogens is 2. The van der Waals surface area contributed by atoms with Gasteiger partial charge in [-0.2, -0.15) is 11.8 Å². The molecule has 0 aliphatic heterocycles. The third kappa shape index (κ3) is 67.6. The Hall–Kier alpha value is -6.42. The highest BCUT2D eigenvalue weighted by molar-refractivity contribution is 7.98. The second-order valence-electron chi connectivity index (χ2n) is 15.8. The van der Waals surface area contributed by atoms with E-state index in [1.165, 1.54) is 6.33 Å². The number of aliphatic imine (C=N–C) groups is 1. The minimum atomic E-state index is -1.21. The number of aliphatic carboxylic acids is 8. The highest BCUT2D eigenvalue weighted by Gasteiger charge is 2.16. The molecule has 38 N–H and O–H groups in total. The van der Waals surface area contributed by atoms with Gasteiger partial charge in [0.15, 0.2) is 5.96 Å². The molecule has 0 bridgehead atoms. The fourth-order valence-electron chi connectivity index (χ4n) is 3.92. The molecule has 1 aromatic heterocycles. The molecular weight excluding hydrogens is 1060 g/mol. The number of unbranched alkanes of at least 4 members (excludes halogenated alkanes) is 1. The quantitative estimate of drug-likeness (QED) is 0.0187. The van der Waals surface area contributed by atoms with Gasteiger partial charge in [-0.05, 0) is 89.3 Å². The monoisotopic (exact) mass is 1150 g/mol. The summed E-state index contributed by atoms with van der Waals surface area (Å²) in [6, 6.07) is -6.55. The minimum Gasteiger partial charge on any atom is -0.480 e. The number of aliphatic hydroxyl groups is 1. The fourth-order valence-corrected chi connectivity index (χ4v) is 4.41. The van der Waals surface area contributed by atoms with Gasteiger partial charge in [0.1, 0.15) is 48.3 Å². The Morgan fingerprint density at radius 2 is 0.923 bits per heavy atom. The molecule has 0 fully saturated rings. The van der Waals surface area contributed by atoms with E-state index in [9.17, 15) is 43.2 Å². The summed E-state index contributed by atoms with van der Waals surface area (Å²) in [5.74, 6) is -7.87. The van der Waals surface area contributed by atoms with Crippen LogP contribution in [0.2, 0.25) is 0 Å². The molecular formula is C42H91N17O18S. The van der Waals surface area contributed by atoms with Gasteiger partial charge >= 0.3 is 47.8 Å². The molecule has 36 heteroatoms. The lowest BCUT2D eigenvalue weighted by Crippen LogP contribution is -2.34. The average molecular weight is 1150 g/mol. The molecule has 0 aliphatic carbocycles. The molecule has 1 rings (SSSR count). The highest BCUT2D eigenvalue weighted by Crippen LogP contribution is 2.00. The standard InChI is InChI=1S/C6H14N4O2.C6H9N3O2.C6H14N2O3.C6H14N2O2.C5H12N2O2.C5H11NO2S.C4H8N2O3.C4H9NO2/c7-4(5(11)12)2-1-3-10-6(8)9;7-5(6(10)11)1-4-2-8-3-9-4;7-3-4(9)1-2-5(8)6(10)11;7-4-2-1-3-5(8)6(9)10;6-3-1-2-4(7)5(8)9;1-9-3-2-4(6)5(7)8;5-2(4(8)9)1-3(6)7;1-2-3(5)4(6)7/h4H,1-3,7H2,(H,11,12)(H4,8,9,10);2-3,5H,1,7H2,(H,8,9)(H,10,11);4-5,9H,1-3,7-8H2,(H,10,11);5H,1-4,7-8H2,(H,9,10);4H,1-3,6-7H2,(H,8,9);4H,2-3,6H2,1H3,(H,7,8);2H,1,5H2,(H2,6,7)(H,8,9);3H,2,5H2,1H3,(H,6,7). The second kappa shape index (κ2) is 56.8. The van der Waals surface area contributed by atoms with Gasteiger partial charge in [0.05, 0.1) is 18.9 Å². The van der Waals surface area contributed by atoms with E-state index in [2.05, 4.69) is 20.7 Å². The lowest BCUT2D eigenvalue weighted by molar-refractivity contribution is -0.140. The lowest BCUT2D eigenvalue weighted by Gasteiger charge is -2.09. The van der Waals surface area contributed by atoms with Crippen molar-refractivity contribution in [1.82, 2.24) is 9.97 Å². The van der Waals surface area contributed by atoms with Gasteiger partial charge in [-0.1, -0.05) is 13.3 Å². The van der Waals surface area contributed by atoms with Crippen LogP contribution in [-0.4, -0.2) is 208 Å². The van der Waals surface area contributed by atoms with Crippen molar-refractivity contribution in [1.29, 1.82) is 0 Å². The fraction of sp³-hybridized carbons (Fsp3) is 0.690. The lowest BCUT2D eigenvalue weighted by atomic mass is 10.1. The summed E-state index contributed by atoms with van der Waals surface area (Å²) in [5.41, 5.74) is 72.0. The van der Waals surface area contributed by atoms with Gasteiger partial charge in [0, 0.05) is 31.4 Å². The minimum absolute atomic E-state index is 0.0129. The van der Waals surface area contributed by atoms with Gasteiger partial charge in [-0.25, -0.2) is 4.98 Å². The second-order valence-corrected chi connectivity index (χ2v) is 16.8. The Morgan fingerprint density at radius 1 is 0.538 bits per heavy atom. The summed E-state index contributed by atoms with van der Waals surface area (Å²) in [6.45, 7) is 3.40. The number of imidazole rings is 1. The Bertz CT molecular complexity index is 1750. The molecule has 9 unspecified atom stereocenters. The van der Waals surface area contributed by atoms with Crippen molar-refractivity contribution in [2.45, 2.75) is 145 Å². The molecule has 0 spiro atoms. The maximum Gasteiger partial charge on any atom is 0.321 e. The summed E-state index contributed by atoms with van der Waals surface area (Å²) in [4.78, 5) is 101. The molecule has 78 heavy (non-hydrogen) atoms. The number of aliphatic hydroxyl groups excluding tert-OH is 1. The van der Waals surface area contributed by atoms with Crippen molar-refractivity contribution >= 4 is 71.4 Å². The van der Waals surface area contributed by atoms with E-state index in [0.29, 0.717) is 71.0 Å². The summed E-state index contributed by atoms with van der Waals surface area (Å²) in [7, 11) is 0. The Labute approximate surface area is 456 Å². The van der Waals surface area contributed by atoms with E-state index >= 15 is 0 Å². The van der Waals surface area contributed by atoms with Crippen molar-refractivity contribution < 1.29 is 89.1 Å². The summed E-state index contributed by atoms with van der Waals surface area (Å²) < 4.78 is 0. The number of primary amides is 1. The first-order valence-corrected chi connectivity index (χ1v) is 24.9. The number of H-pyrrole nitrogens is 1. The van der Waals surface area contributed by atoms with Crippen LogP contribution in [0.25, 0.3) is 0 Å². The van der Waals surface area contributed by atoms with Crippen LogP contribution in [0.4, 0.5) is 0 Å². The van der Waals surface area contributed by atoms with Crippen molar-refractivity contribution in [2.24, 2.45) is 85.3 Å². The number of carboxylic acids is 8. The normalized spacial score (nSPS) is 13.3. The Balaban J connectivity index is -0.000000148. The SMILES string of the molecule is CCC(N)C(=O)O.CSCCC(N)C(=O)O.NC(=O)CC(N)C(=O)O.NC(Cc1cnc[nH]1)C(=O)O.NC(N)=NCCCC(N)C(=O)O.NCC(O)CCC(N)C(=O)O.NCCCC(N)C(=O)O.NCCCCC(N)C(=O)O. The van der Waals surface area contributed by atoms with E-state index in [1.807, 2.05) is 6.26 Å². The zero-order valence-electron chi connectivity index (χ0n) is 44.2. The zero-order valence-corrected chi connectivity index (χ0v) is 45.0. The first kappa shape index (κ1) is 85.5. The number of thioether (sulfide) groups is 1. The molecule has 0 radical (unpaired) electrons. The van der Waals surface area contributed by atoms with E-state index < -0.39 is 108 Å². The highest BCUT2D eigenvalue weighted by atomic mass is 32.2. The van der Waals surface area contributed by atoms with Crippen molar-refractivity contribution in [3.05, 3.63) is 18.2 Å². The van der Waals surface area contributed by atoms with Gasteiger partial charge in [-0.3, -0.25) is 48.1 Å². The topological polar surface area (TPSA) is 741 Å². The number of amides is 1. The average Bonchev–Trinajstić information content (AvgIpc) is 3.88. The summed E-state index contributed by atoms with van der Waals surface area (Å²) in [5, 5.41) is 75.0. The number of carbonyl (C=O) groups excluding carboxylic acids is 1. The first-order valence-electron chi connectivity index (χ1n) is 23.5. The van der Waals surface area contributed by atoms with Crippen LogP contribution in [0.15, 0.2) is 17.5 Å². The molecule has 0 aliphatic rings. The largest absolute Gasteiger partial charge is 0.480 e. The number of aromatic amines is 1. The number of hydrogen-bond acceptors (Lipinski definition) is 24. The molecule has 1 amide bonds. The van der Waals surface area contributed by atoms with Crippen LogP contribution in [0.3, 0.4) is 0 Å². The van der Waals surface area contributed by atoms with Gasteiger partial charge in [-0.15, -0.1) is 0 Å². The van der Waals surface area contributed by atoms with E-state index in [4.69, 9.17) is 120 Å². The number of carbonyl (C=O) groups is 9. The molecule has 0 saturated heterocycles. The maximum absolute atomic E-state index is 10.3. The van der Waals surface area contributed by atoms with Crippen molar-refractivity contribution in [2.75, 3.05) is 38.2 Å². The Morgan fingerprint density at radius 3 is 1.22 bits per heavy atom. The molecule has 1 heterocycles. The molecule has 1 aromatic rings. The third-order valence-corrected chi connectivity index (χ3v) is 9.41. The maximum atomic E-state index is 10.3. The Kier molecular flexibility index (Phi) is 62.2. The van der Waals surface area contributed by atoms with Crippen LogP contribution < -0.4 is 80.3 Å². The number of nitrogens with zero attached hydrogens (tertiary/aromatic N) is 2. The smallest absolute Gasteiger partial charge is 0.321 e. The van der Waals surface area contributed by atoms with E-state index in [1.54, 1.807) is 24.9 Å². The predicted molar refractivity (Wildman–Crippen MR) is 290 cm³/mol. The van der Waals surface area contributed by atoms with Crippen molar-refractivity contribution in [3.8, 4) is 0 Å². The van der Waals surface area contributed by atoms with Gasteiger partial charge in [0.2, 0.25) is 5.91 Å². The van der Waals surface area contributed by atoms with Gasteiger partial charge < -0.3 is 131 Å². The molecule has 458 valence electrons. The van der Waals surface area contributed by atoms with E-state index in [0.717, 1.165) is 24.3 Å². The molecule has 0 saturated carbocycles. The van der Waals surface area contributed by atoms with Crippen LogP contribution in [0.1, 0.15) is 89.7 Å². The third-order valence-electron chi connectivity index (χ3n) is 8.77. The predicted octanol–water partition coefficient (Wildman–Crippen LogP) is -6.79. The van der Waals surface area contributed by atoms with Crippen LogP contribution in [0, 0.1) is 0 Å². The van der Waals surface area contributed by atoms with E-state index in [-0.39, 0.29) is 31.8 Å². The van der Waals surface area contributed by atoms with Crippen molar-refractivity contribution in [3.63, 3.8) is 0 Å². The molecule has 35 nitrogen and oxygen atoms in total. The summed E-state index contributed by atoms with van der Waals surface area (Å²) >= 11 is 1.60. The number of carboxylic acid groups (broad SMARTS) is 8. The zero-order chi connectivity index (χ0) is 62.5. The number of rotatable bonds is 31. The molecule has 9 atom stereocenters. The van der Waals surface area contributed by atoms with Gasteiger partial charge in [0.25, 0.3) is 0 Å². The number of nitrogens with two attached hydrogens (primary N) is 14. The number of hydrogen-bond donors (Lipinski definition) is 24. The van der Waals surface area contributed by atoms with Crippen LogP contribution >= 0.6 is 11.8 Å². The molecule has 0 aromatic carbocycles. The first-order chi connectivity index (χ1) is 36.1.